The van der Waals surface area contributed by atoms with Gasteiger partial charge in [-0.05, 0) is 13.8 Å². The van der Waals surface area contributed by atoms with Crippen molar-refractivity contribution in [3.05, 3.63) is 36.2 Å². The third kappa shape index (κ3) is 3.76. The van der Waals surface area contributed by atoms with E-state index in [1.165, 1.54) is 0 Å². The van der Waals surface area contributed by atoms with Crippen molar-refractivity contribution in [2.24, 2.45) is 0 Å². The van der Waals surface area contributed by atoms with Crippen molar-refractivity contribution in [1.82, 2.24) is 15.0 Å². The van der Waals surface area contributed by atoms with Crippen molar-refractivity contribution in [3.8, 4) is 11.4 Å². The van der Waals surface area contributed by atoms with Crippen LogP contribution >= 0.6 is 0 Å². The third-order valence-electron chi connectivity index (χ3n) is 3.98. The van der Waals surface area contributed by atoms with Crippen molar-refractivity contribution in [3.63, 3.8) is 0 Å². The van der Waals surface area contributed by atoms with Crippen LogP contribution in [-0.4, -0.2) is 46.2 Å². The number of carbonyl (C=O) groups excluding carboxylic acids is 1. The fraction of sp³-hybridized carbons (Fsp3) is 0.471. The molecule has 0 radical (unpaired) electrons. The number of aryl methyl sites for hydroxylation is 1. The van der Waals surface area contributed by atoms with Crippen LogP contribution in [0.3, 0.4) is 0 Å². The van der Waals surface area contributed by atoms with E-state index in [4.69, 9.17) is 9.26 Å². The first kappa shape index (κ1) is 15.7. The van der Waals surface area contributed by atoms with Crippen LogP contribution in [0, 0.1) is 0 Å². The molecule has 6 nitrogen and oxygen atoms in total. The van der Waals surface area contributed by atoms with Crippen LogP contribution in [0.2, 0.25) is 0 Å². The first-order valence-corrected chi connectivity index (χ1v) is 7.92. The Morgan fingerprint density at radius 1 is 1.30 bits per heavy atom. The molecule has 122 valence electrons. The number of ether oxygens (including phenoxy) is 1. The van der Waals surface area contributed by atoms with Gasteiger partial charge in [0.1, 0.15) is 0 Å². The lowest BCUT2D eigenvalue weighted by Gasteiger charge is -2.36. The van der Waals surface area contributed by atoms with Crippen LogP contribution in [0.15, 0.2) is 34.9 Å². The number of morpholine rings is 1. The summed E-state index contributed by atoms with van der Waals surface area (Å²) in [5.74, 6) is 1.15. The molecule has 6 heteroatoms. The SMILES string of the molecule is C[C@@H]1CO[C@@H](C)CN1C(=O)CCc1nc(-c2ccccc2)no1. The van der Waals surface area contributed by atoms with Gasteiger partial charge in [0.25, 0.3) is 0 Å². The molecular weight excluding hydrogens is 294 g/mol. The smallest absolute Gasteiger partial charge is 0.227 e. The summed E-state index contributed by atoms with van der Waals surface area (Å²) in [6, 6.07) is 9.76. The van der Waals surface area contributed by atoms with Gasteiger partial charge >= 0.3 is 0 Å². The van der Waals surface area contributed by atoms with E-state index in [1.807, 2.05) is 49.1 Å². The predicted octanol–water partition coefficient (Wildman–Crippen LogP) is 2.31. The highest BCUT2D eigenvalue weighted by molar-refractivity contribution is 5.76. The van der Waals surface area contributed by atoms with E-state index in [1.54, 1.807) is 0 Å². The Kier molecular flexibility index (Phi) is 4.71. The normalized spacial score (nSPS) is 21.4. The molecule has 0 spiro atoms. The second kappa shape index (κ2) is 6.91. The highest BCUT2D eigenvalue weighted by Gasteiger charge is 2.27. The Labute approximate surface area is 135 Å². The molecule has 1 aliphatic rings. The number of aromatic nitrogens is 2. The molecule has 1 fully saturated rings. The minimum Gasteiger partial charge on any atom is -0.375 e. The van der Waals surface area contributed by atoms with Gasteiger partial charge in [0, 0.05) is 24.9 Å². The lowest BCUT2D eigenvalue weighted by atomic mass is 10.1. The summed E-state index contributed by atoms with van der Waals surface area (Å²) in [6.45, 7) is 5.21. The maximum Gasteiger partial charge on any atom is 0.227 e. The first-order valence-electron chi connectivity index (χ1n) is 7.92. The van der Waals surface area contributed by atoms with Gasteiger partial charge in [0.05, 0.1) is 18.8 Å². The molecule has 0 unspecified atom stereocenters. The molecule has 1 aliphatic heterocycles. The number of rotatable bonds is 4. The van der Waals surface area contributed by atoms with E-state index >= 15 is 0 Å². The van der Waals surface area contributed by atoms with Crippen LogP contribution in [0.1, 0.15) is 26.2 Å². The molecule has 2 aromatic rings. The van der Waals surface area contributed by atoms with Crippen molar-refractivity contribution in [2.45, 2.75) is 38.8 Å². The Balaban J connectivity index is 1.58. The number of carbonyl (C=O) groups is 1. The lowest BCUT2D eigenvalue weighted by Crippen LogP contribution is -2.50. The molecule has 23 heavy (non-hydrogen) atoms. The predicted molar refractivity (Wildman–Crippen MR) is 84.6 cm³/mol. The summed E-state index contributed by atoms with van der Waals surface area (Å²) in [5.41, 5.74) is 0.907. The Morgan fingerprint density at radius 3 is 2.87 bits per heavy atom. The highest BCUT2D eigenvalue weighted by Crippen LogP contribution is 2.17. The summed E-state index contributed by atoms with van der Waals surface area (Å²) in [5, 5.41) is 3.97. The van der Waals surface area contributed by atoms with Gasteiger partial charge in [-0.1, -0.05) is 35.5 Å². The van der Waals surface area contributed by atoms with E-state index in [0.29, 0.717) is 37.7 Å². The molecule has 0 N–H and O–H groups in total. The van der Waals surface area contributed by atoms with E-state index in [0.717, 1.165) is 5.56 Å². The van der Waals surface area contributed by atoms with Crippen LogP contribution in [0.5, 0.6) is 0 Å². The fourth-order valence-corrected chi connectivity index (χ4v) is 2.67. The van der Waals surface area contributed by atoms with Gasteiger partial charge < -0.3 is 14.2 Å². The third-order valence-corrected chi connectivity index (χ3v) is 3.98. The van der Waals surface area contributed by atoms with Crippen LogP contribution in [0.25, 0.3) is 11.4 Å². The zero-order valence-electron chi connectivity index (χ0n) is 13.4. The lowest BCUT2D eigenvalue weighted by molar-refractivity contribution is -0.143. The number of amides is 1. The fourth-order valence-electron chi connectivity index (χ4n) is 2.67. The van der Waals surface area contributed by atoms with Crippen LogP contribution in [-0.2, 0) is 16.0 Å². The maximum absolute atomic E-state index is 12.4. The van der Waals surface area contributed by atoms with Gasteiger partial charge in [-0.15, -0.1) is 0 Å². The van der Waals surface area contributed by atoms with Gasteiger partial charge in [-0.2, -0.15) is 4.98 Å². The molecule has 1 saturated heterocycles. The monoisotopic (exact) mass is 315 g/mol. The van der Waals surface area contributed by atoms with Gasteiger partial charge in [-0.25, -0.2) is 0 Å². The summed E-state index contributed by atoms with van der Waals surface area (Å²) < 4.78 is 10.8. The summed E-state index contributed by atoms with van der Waals surface area (Å²) in [6.07, 6.45) is 0.910. The largest absolute Gasteiger partial charge is 0.375 e. The Morgan fingerprint density at radius 2 is 2.09 bits per heavy atom. The van der Waals surface area contributed by atoms with E-state index in [2.05, 4.69) is 10.1 Å². The van der Waals surface area contributed by atoms with Gasteiger partial charge in [0.2, 0.25) is 17.6 Å². The second-order valence-corrected chi connectivity index (χ2v) is 5.92. The summed E-state index contributed by atoms with van der Waals surface area (Å²) >= 11 is 0. The van der Waals surface area contributed by atoms with E-state index < -0.39 is 0 Å². The average Bonchev–Trinajstić information content (AvgIpc) is 3.05. The molecule has 3 rings (SSSR count). The number of benzene rings is 1. The summed E-state index contributed by atoms with van der Waals surface area (Å²) in [7, 11) is 0. The van der Waals surface area contributed by atoms with Crippen LogP contribution in [0.4, 0.5) is 0 Å². The molecule has 1 amide bonds. The minimum absolute atomic E-state index is 0.0863. The molecule has 0 aliphatic carbocycles. The van der Waals surface area contributed by atoms with Gasteiger partial charge in [0.15, 0.2) is 0 Å². The summed E-state index contributed by atoms with van der Waals surface area (Å²) in [4.78, 5) is 18.6. The quantitative estimate of drug-likeness (QED) is 0.866. The minimum atomic E-state index is 0.0863. The topological polar surface area (TPSA) is 68.5 Å². The number of hydrogen-bond donors (Lipinski definition) is 0. The Bertz CT molecular complexity index is 656. The number of nitrogens with zero attached hydrogens (tertiary/aromatic N) is 3. The average molecular weight is 315 g/mol. The number of hydrogen-bond acceptors (Lipinski definition) is 5. The van der Waals surface area contributed by atoms with Crippen molar-refractivity contribution in [2.75, 3.05) is 13.2 Å². The molecule has 0 saturated carbocycles. The molecule has 1 aromatic heterocycles. The van der Waals surface area contributed by atoms with Crippen molar-refractivity contribution >= 4 is 5.91 Å². The Hall–Kier alpha value is -2.21. The zero-order chi connectivity index (χ0) is 16.2. The maximum atomic E-state index is 12.4. The molecule has 1 aromatic carbocycles. The zero-order valence-corrected chi connectivity index (χ0v) is 13.4. The highest BCUT2D eigenvalue weighted by atomic mass is 16.5. The molecule has 0 bridgehead atoms. The molecule has 2 heterocycles. The first-order chi connectivity index (χ1) is 11.1. The van der Waals surface area contributed by atoms with E-state index in [9.17, 15) is 4.79 Å². The second-order valence-electron chi connectivity index (χ2n) is 5.92. The van der Waals surface area contributed by atoms with Crippen molar-refractivity contribution in [1.29, 1.82) is 0 Å². The van der Waals surface area contributed by atoms with Crippen LogP contribution < -0.4 is 0 Å². The standard InChI is InChI=1S/C17H21N3O3/c1-12-11-22-13(2)10-20(12)16(21)9-8-15-18-17(19-23-15)14-6-4-3-5-7-14/h3-7,12-13H,8-11H2,1-2H3/t12-,13+/m1/s1. The van der Waals surface area contributed by atoms with Gasteiger partial charge in [-0.3, -0.25) is 4.79 Å². The molecular formula is C17H21N3O3. The van der Waals surface area contributed by atoms with E-state index in [-0.39, 0.29) is 18.1 Å². The van der Waals surface area contributed by atoms with Crippen molar-refractivity contribution < 1.29 is 14.1 Å². The molecule has 2 atom stereocenters.